The van der Waals surface area contributed by atoms with Crippen molar-refractivity contribution >= 4 is 11.8 Å². The highest BCUT2D eigenvalue weighted by Gasteiger charge is 2.37. The maximum atomic E-state index is 12.7. The molecule has 0 radical (unpaired) electrons. The largest absolute Gasteiger partial charge is 0.454 e. The summed E-state index contributed by atoms with van der Waals surface area (Å²) in [7, 11) is 0. The van der Waals surface area contributed by atoms with Crippen molar-refractivity contribution < 1.29 is 18.7 Å². The summed E-state index contributed by atoms with van der Waals surface area (Å²) in [5.41, 5.74) is 0. The van der Waals surface area contributed by atoms with E-state index in [1.807, 2.05) is 4.90 Å². The third kappa shape index (κ3) is 3.79. The Morgan fingerprint density at radius 1 is 1.25 bits per heavy atom. The number of rotatable bonds is 4. The van der Waals surface area contributed by atoms with Gasteiger partial charge in [0.2, 0.25) is 5.91 Å². The zero-order valence-electron chi connectivity index (χ0n) is 14.3. The van der Waals surface area contributed by atoms with Crippen LogP contribution in [-0.2, 0) is 16.1 Å². The first-order chi connectivity index (χ1) is 11.5. The standard InChI is InChI=1S/C17H25N3O4/c1-12-10-20(11-15(12)19-5-7-23-8-6-19)17(22)16-4-3-14(24-16)9-18-13(2)21/h3-4,12,15H,5-11H2,1-2H3,(H,18,21)/t12-,15-/m0/s1. The Kier molecular flexibility index (Phi) is 5.20. The van der Waals surface area contributed by atoms with E-state index in [-0.39, 0.29) is 11.8 Å². The fourth-order valence-corrected chi connectivity index (χ4v) is 3.46. The van der Waals surface area contributed by atoms with Crippen molar-refractivity contribution in [2.45, 2.75) is 26.4 Å². The molecule has 2 amide bonds. The molecule has 2 saturated heterocycles. The van der Waals surface area contributed by atoms with E-state index in [0.29, 0.717) is 30.0 Å². The van der Waals surface area contributed by atoms with Crippen molar-refractivity contribution in [1.82, 2.24) is 15.1 Å². The minimum Gasteiger partial charge on any atom is -0.454 e. The lowest BCUT2D eigenvalue weighted by Crippen LogP contribution is -2.47. The van der Waals surface area contributed by atoms with E-state index in [1.165, 1.54) is 6.92 Å². The van der Waals surface area contributed by atoms with E-state index in [9.17, 15) is 9.59 Å². The second kappa shape index (κ2) is 7.36. The Hall–Kier alpha value is -1.86. The quantitative estimate of drug-likeness (QED) is 0.877. The van der Waals surface area contributed by atoms with Gasteiger partial charge in [0.05, 0.1) is 19.8 Å². The van der Waals surface area contributed by atoms with Crippen LogP contribution in [0.4, 0.5) is 0 Å². The molecule has 24 heavy (non-hydrogen) atoms. The number of amides is 2. The first kappa shape index (κ1) is 17.0. The van der Waals surface area contributed by atoms with Gasteiger partial charge in [-0.25, -0.2) is 0 Å². The summed E-state index contributed by atoms with van der Waals surface area (Å²) >= 11 is 0. The average Bonchev–Trinajstić information content (AvgIpc) is 3.20. The highest BCUT2D eigenvalue weighted by atomic mass is 16.5. The fourth-order valence-electron chi connectivity index (χ4n) is 3.46. The number of carbonyl (C=O) groups excluding carboxylic acids is 2. The molecule has 2 atom stereocenters. The van der Waals surface area contributed by atoms with Gasteiger partial charge in [-0.1, -0.05) is 6.92 Å². The molecule has 7 heteroatoms. The number of carbonyl (C=O) groups is 2. The molecule has 3 heterocycles. The molecule has 1 aromatic rings. The van der Waals surface area contributed by atoms with Gasteiger partial charge < -0.3 is 19.4 Å². The zero-order valence-corrected chi connectivity index (χ0v) is 14.3. The molecule has 1 aromatic heterocycles. The minimum atomic E-state index is -0.124. The van der Waals surface area contributed by atoms with Gasteiger partial charge in [0, 0.05) is 39.1 Å². The SMILES string of the molecule is CC(=O)NCc1ccc(C(=O)N2C[C@H](C)[C@@H](N3CCOCC3)C2)o1. The van der Waals surface area contributed by atoms with Crippen LogP contribution < -0.4 is 5.32 Å². The number of hydrogen-bond acceptors (Lipinski definition) is 5. The molecule has 0 aromatic carbocycles. The molecule has 0 saturated carbocycles. The highest BCUT2D eigenvalue weighted by molar-refractivity contribution is 5.91. The summed E-state index contributed by atoms with van der Waals surface area (Å²) < 4.78 is 11.0. The summed E-state index contributed by atoms with van der Waals surface area (Å²) in [6.45, 7) is 8.80. The molecule has 132 valence electrons. The van der Waals surface area contributed by atoms with Crippen molar-refractivity contribution in [3.8, 4) is 0 Å². The summed E-state index contributed by atoms with van der Waals surface area (Å²) in [6, 6.07) is 3.81. The van der Waals surface area contributed by atoms with Gasteiger partial charge in [-0.15, -0.1) is 0 Å². The molecule has 0 bridgehead atoms. The van der Waals surface area contributed by atoms with Crippen LogP contribution in [0.25, 0.3) is 0 Å². The lowest BCUT2D eigenvalue weighted by atomic mass is 10.0. The second-order valence-corrected chi connectivity index (χ2v) is 6.58. The third-order valence-corrected chi connectivity index (χ3v) is 4.76. The lowest BCUT2D eigenvalue weighted by Gasteiger charge is -2.33. The predicted molar refractivity (Wildman–Crippen MR) is 87.5 cm³/mol. The minimum absolute atomic E-state index is 0.0771. The van der Waals surface area contributed by atoms with Gasteiger partial charge in [0.25, 0.3) is 5.91 Å². The predicted octanol–water partition coefficient (Wildman–Crippen LogP) is 0.708. The molecule has 2 aliphatic heterocycles. The van der Waals surface area contributed by atoms with Crippen LogP contribution in [0.3, 0.4) is 0 Å². The Balaban J connectivity index is 1.60. The van der Waals surface area contributed by atoms with Crippen molar-refractivity contribution in [1.29, 1.82) is 0 Å². The second-order valence-electron chi connectivity index (χ2n) is 6.58. The van der Waals surface area contributed by atoms with Gasteiger partial charge in [-0.3, -0.25) is 14.5 Å². The molecule has 2 aliphatic rings. The normalized spacial score (nSPS) is 25.0. The number of hydrogen-bond donors (Lipinski definition) is 1. The van der Waals surface area contributed by atoms with Crippen LogP contribution >= 0.6 is 0 Å². The van der Waals surface area contributed by atoms with Crippen molar-refractivity contribution in [3.63, 3.8) is 0 Å². The Morgan fingerprint density at radius 2 is 2.00 bits per heavy atom. The molecule has 2 fully saturated rings. The van der Waals surface area contributed by atoms with Gasteiger partial charge in [-0.2, -0.15) is 0 Å². The molecule has 3 rings (SSSR count). The van der Waals surface area contributed by atoms with E-state index in [4.69, 9.17) is 9.15 Å². The van der Waals surface area contributed by atoms with Crippen molar-refractivity contribution in [2.24, 2.45) is 5.92 Å². The third-order valence-electron chi connectivity index (χ3n) is 4.76. The Morgan fingerprint density at radius 3 is 2.71 bits per heavy atom. The van der Waals surface area contributed by atoms with E-state index >= 15 is 0 Å². The van der Waals surface area contributed by atoms with Crippen LogP contribution in [0.15, 0.2) is 16.5 Å². The van der Waals surface area contributed by atoms with Crippen LogP contribution in [-0.4, -0.2) is 67.0 Å². The number of furan rings is 1. The smallest absolute Gasteiger partial charge is 0.289 e. The maximum Gasteiger partial charge on any atom is 0.289 e. The van der Waals surface area contributed by atoms with Crippen LogP contribution in [0.2, 0.25) is 0 Å². The van der Waals surface area contributed by atoms with E-state index in [1.54, 1.807) is 12.1 Å². The van der Waals surface area contributed by atoms with E-state index < -0.39 is 0 Å². The molecule has 0 unspecified atom stereocenters. The monoisotopic (exact) mass is 335 g/mol. The molecule has 7 nitrogen and oxygen atoms in total. The number of nitrogens with zero attached hydrogens (tertiary/aromatic N) is 2. The first-order valence-electron chi connectivity index (χ1n) is 8.49. The topological polar surface area (TPSA) is 75.0 Å². The summed E-state index contributed by atoms with van der Waals surface area (Å²) in [4.78, 5) is 27.9. The van der Waals surface area contributed by atoms with Crippen molar-refractivity contribution in [2.75, 3.05) is 39.4 Å². The number of likely N-dealkylation sites (tertiary alicyclic amines) is 1. The first-order valence-corrected chi connectivity index (χ1v) is 8.49. The molecular weight excluding hydrogens is 310 g/mol. The van der Waals surface area contributed by atoms with Gasteiger partial charge in [0.1, 0.15) is 5.76 Å². The molecule has 0 spiro atoms. The van der Waals surface area contributed by atoms with Gasteiger partial charge in [-0.05, 0) is 18.1 Å². The van der Waals surface area contributed by atoms with Crippen molar-refractivity contribution in [3.05, 3.63) is 23.7 Å². The maximum absolute atomic E-state index is 12.7. The van der Waals surface area contributed by atoms with Gasteiger partial charge in [0.15, 0.2) is 5.76 Å². The lowest BCUT2D eigenvalue weighted by molar-refractivity contribution is -0.119. The molecule has 0 aliphatic carbocycles. The van der Waals surface area contributed by atoms with E-state index in [2.05, 4.69) is 17.1 Å². The molecule has 1 N–H and O–H groups in total. The summed E-state index contributed by atoms with van der Waals surface area (Å²) in [6.07, 6.45) is 0. The summed E-state index contributed by atoms with van der Waals surface area (Å²) in [5.74, 6) is 1.16. The summed E-state index contributed by atoms with van der Waals surface area (Å²) in [5, 5.41) is 2.66. The average molecular weight is 335 g/mol. The van der Waals surface area contributed by atoms with Crippen LogP contribution in [0.1, 0.15) is 30.2 Å². The Labute approximate surface area is 141 Å². The van der Waals surface area contributed by atoms with Crippen LogP contribution in [0, 0.1) is 5.92 Å². The Bertz CT molecular complexity index is 594. The van der Waals surface area contributed by atoms with E-state index in [0.717, 1.165) is 39.4 Å². The van der Waals surface area contributed by atoms with Crippen LogP contribution in [0.5, 0.6) is 0 Å². The van der Waals surface area contributed by atoms with Gasteiger partial charge >= 0.3 is 0 Å². The fraction of sp³-hybridized carbons (Fsp3) is 0.647. The highest BCUT2D eigenvalue weighted by Crippen LogP contribution is 2.24. The zero-order chi connectivity index (χ0) is 17.1. The number of nitrogens with one attached hydrogen (secondary N) is 1. The molecular formula is C17H25N3O4. The number of morpholine rings is 1. The number of ether oxygens (including phenoxy) is 1.